The number of ether oxygens (including phenoxy) is 3. The van der Waals surface area contributed by atoms with Gasteiger partial charge in [0, 0.05) is 30.0 Å². The van der Waals surface area contributed by atoms with Gasteiger partial charge < -0.3 is 24.4 Å². The van der Waals surface area contributed by atoms with E-state index in [1.165, 1.54) is 20.1 Å². The molecule has 0 saturated carbocycles. The Labute approximate surface area is 198 Å². The largest absolute Gasteiger partial charge is 0.491 e. The van der Waals surface area contributed by atoms with Gasteiger partial charge in [0.25, 0.3) is 0 Å². The molecule has 0 aliphatic rings. The van der Waals surface area contributed by atoms with Gasteiger partial charge in [-0.3, -0.25) is 10.1 Å². The number of aliphatic hydroxyl groups excluding tert-OH is 1. The second kappa shape index (κ2) is 13.8. The van der Waals surface area contributed by atoms with Crippen LogP contribution in [0.25, 0.3) is 0 Å². The number of hydrogen-bond acceptors (Lipinski definition) is 7. The summed E-state index contributed by atoms with van der Waals surface area (Å²) in [5.74, 6) is -0.725. The lowest BCUT2D eigenvalue weighted by Crippen LogP contribution is -2.28. The summed E-state index contributed by atoms with van der Waals surface area (Å²) >= 11 is 0. The van der Waals surface area contributed by atoms with Crippen molar-refractivity contribution in [2.45, 2.75) is 32.0 Å². The number of carbonyl (C=O) groups excluding carboxylic acids is 2. The Kier molecular flexibility index (Phi) is 10.8. The van der Waals surface area contributed by atoms with E-state index in [9.17, 15) is 14.4 Å². The number of para-hydroxylation sites is 1. The van der Waals surface area contributed by atoms with Gasteiger partial charge in [0.15, 0.2) is 11.9 Å². The number of carbonyl (C=O) groups is 3. The summed E-state index contributed by atoms with van der Waals surface area (Å²) in [6, 6.07) is 13.3. The Morgan fingerprint density at radius 1 is 1.09 bits per heavy atom. The van der Waals surface area contributed by atoms with E-state index in [1.54, 1.807) is 48.5 Å². The van der Waals surface area contributed by atoms with Crippen molar-refractivity contribution in [3.63, 3.8) is 0 Å². The molecule has 0 unspecified atom stereocenters. The number of allylic oxidation sites excluding steroid dienone is 1. The maximum Gasteiger partial charge on any atom is 0.412 e. The molecule has 0 spiro atoms. The number of carboxylic acid groups (broad SMARTS) is 1. The minimum absolute atomic E-state index is 0.0530. The molecule has 0 bridgehead atoms. The van der Waals surface area contributed by atoms with Crippen molar-refractivity contribution in [1.82, 2.24) is 0 Å². The van der Waals surface area contributed by atoms with Gasteiger partial charge in [-0.05, 0) is 50.1 Å². The van der Waals surface area contributed by atoms with E-state index >= 15 is 0 Å². The van der Waals surface area contributed by atoms with E-state index in [0.717, 1.165) is 6.08 Å². The Balaban J connectivity index is 2.26. The van der Waals surface area contributed by atoms with Crippen LogP contribution in [-0.2, 0) is 14.3 Å². The minimum Gasteiger partial charge on any atom is -0.491 e. The number of hydrogen-bond donors (Lipinski definition) is 3. The van der Waals surface area contributed by atoms with Crippen LogP contribution in [0.4, 0.5) is 10.5 Å². The normalized spacial score (nSPS) is 12.7. The number of ketones is 1. The fourth-order valence-corrected chi connectivity index (χ4v) is 3.23. The first-order chi connectivity index (χ1) is 16.3. The minimum atomic E-state index is -1.06. The molecule has 0 saturated heterocycles. The number of nitrogens with one attached hydrogen (secondary N) is 1. The summed E-state index contributed by atoms with van der Waals surface area (Å²) in [7, 11) is 1.47. The standard InChI is InChI=1S/C25H29NO8/c1-17(28)18-11-13-19(14-12-18)26-25(31)34-24(22(32-2)9-5-6-10-23(29)30)20-7-3-4-8-21(20)33-16-15-27/h3-4,6-8,10-14,22,24,27H,5,9,15-16H2,1-2H3,(H,26,31)(H,29,30)/b10-6+/t22-,24-/m0/s1. The first-order valence-electron chi connectivity index (χ1n) is 10.7. The second-order valence-electron chi connectivity index (χ2n) is 7.29. The molecule has 2 aromatic carbocycles. The zero-order valence-corrected chi connectivity index (χ0v) is 19.1. The van der Waals surface area contributed by atoms with Gasteiger partial charge in [-0.25, -0.2) is 9.59 Å². The second-order valence-corrected chi connectivity index (χ2v) is 7.29. The molecular weight excluding hydrogens is 442 g/mol. The van der Waals surface area contributed by atoms with Crippen molar-refractivity contribution in [3.05, 3.63) is 71.8 Å². The summed E-state index contributed by atoms with van der Waals surface area (Å²) < 4.78 is 17.0. The molecule has 0 aliphatic carbocycles. The van der Waals surface area contributed by atoms with Crippen molar-refractivity contribution in [1.29, 1.82) is 0 Å². The Bertz CT molecular complexity index is 987. The molecule has 1 amide bonds. The predicted molar refractivity (Wildman–Crippen MR) is 125 cm³/mol. The number of anilines is 1. The van der Waals surface area contributed by atoms with Crippen LogP contribution in [0.15, 0.2) is 60.7 Å². The van der Waals surface area contributed by atoms with Crippen LogP contribution in [0.1, 0.15) is 41.8 Å². The van der Waals surface area contributed by atoms with Crippen LogP contribution in [0.2, 0.25) is 0 Å². The molecular formula is C25H29NO8. The van der Waals surface area contributed by atoms with Gasteiger partial charge in [0.1, 0.15) is 12.4 Å². The van der Waals surface area contributed by atoms with Gasteiger partial charge in [-0.2, -0.15) is 0 Å². The van der Waals surface area contributed by atoms with Gasteiger partial charge in [0.2, 0.25) is 0 Å². The van der Waals surface area contributed by atoms with Crippen LogP contribution in [0.5, 0.6) is 5.75 Å². The van der Waals surface area contributed by atoms with E-state index < -0.39 is 24.3 Å². The number of aliphatic hydroxyl groups is 1. The summed E-state index contributed by atoms with van der Waals surface area (Å²) in [5.41, 5.74) is 1.49. The molecule has 3 N–H and O–H groups in total. The number of benzene rings is 2. The third kappa shape index (κ3) is 8.34. The number of methoxy groups -OCH3 is 1. The van der Waals surface area contributed by atoms with E-state index in [4.69, 9.17) is 24.4 Å². The van der Waals surface area contributed by atoms with E-state index in [0.29, 0.717) is 35.4 Å². The highest BCUT2D eigenvalue weighted by molar-refractivity contribution is 5.95. The summed E-state index contributed by atoms with van der Waals surface area (Å²) in [6.07, 6.45) is 1.01. The van der Waals surface area contributed by atoms with Crippen molar-refractivity contribution in [2.75, 3.05) is 25.6 Å². The van der Waals surface area contributed by atoms with E-state index in [2.05, 4.69) is 5.32 Å². The average molecular weight is 472 g/mol. The lowest BCUT2D eigenvalue weighted by atomic mass is 9.99. The molecule has 34 heavy (non-hydrogen) atoms. The Morgan fingerprint density at radius 3 is 2.41 bits per heavy atom. The first-order valence-corrected chi connectivity index (χ1v) is 10.7. The van der Waals surface area contributed by atoms with Crippen molar-refractivity contribution in [3.8, 4) is 5.75 Å². The van der Waals surface area contributed by atoms with E-state index in [-0.39, 0.29) is 19.0 Å². The lowest BCUT2D eigenvalue weighted by molar-refractivity contribution is -0.131. The van der Waals surface area contributed by atoms with Crippen molar-refractivity contribution in [2.24, 2.45) is 0 Å². The quantitative estimate of drug-likeness (QED) is 0.295. The third-order valence-corrected chi connectivity index (χ3v) is 4.86. The molecule has 0 aromatic heterocycles. The zero-order chi connectivity index (χ0) is 24.9. The highest BCUT2D eigenvalue weighted by Crippen LogP contribution is 2.33. The molecule has 0 fully saturated rings. The molecule has 2 aromatic rings. The summed E-state index contributed by atoms with van der Waals surface area (Å²) in [5, 5.41) is 20.6. The van der Waals surface area contributed by atoms with Crippen LogP contribution in [0, 0.1) is 0 Å². The smallest absolute Gasteiger partial charge is 0.412 e. The molecule has 2 atom stereocenters. The van der Waals surface area contributed by atoms with Crippen molar-refractivity contribution >= 4 is 23.5 Å². The Hall–Kier alpha value is -3.69. The number of carboxylic acids is 1. The van der Waals surface area contributed by atoms with Crippen LogP contribution >= 0.6 is 0 Å². The highest BCUT2D eigenvalue weighted by Gasteiger charge is 2.29. The van der Waals surface area contributed by atoms with Crippen LogP contribution in [-0.4, -0.2) is 54.5 Å². The van der Waals surface area contributed by atoms with Crippen LogP contribution in [0.3, 0.4) is 0 Å². The molecule has 0 aliphatic heterocycles. The number of Topliss-reactive ketones (excluding diaryl/α,β-unsaturated/α-hetero) is 1. The fourth-order valence-electron chi connectivity index (χ4n) is 3.23. The molecule has 2 rings (SSSR count). The zero-order valence-electron chi connectivity index (χ0n) is 19.1. The van der Waals surface area contributed by atoms with Gasteiger partial charge in [-0.15, -0.1) is 0 Å². The lowest BCUT2D eigenvalue weighted by Gasteiger charge is -2.27. The Morgan fingerprint density at radius 2 is 1.79 bits per heavy atom. The number of amides is 1. The maximum absolute atomic E-state index is 12.8. The first kappa shape index (κ1) is 26.6. The highest BCUT2D eigenvalue weighted by atomic mass is 16.6. The van der Waals surface area contributed by atoms with Gasteiger partial charge in [-0.1, -0.05) is 24.3 Å². The van der Waals surface area contributed by atoms with Crippen LogP contribution < -0.4 is 10.1 Å². The summed E-state index contributed by atoms with van der Waals surface area (Å²) in [6.45, 7) is 1.32. The monoisotopic (exact) mass is 471 g/mol. The molecule has 9 heteroatoms. The van der Waals surface area contributed by atoms with E-state index in [1.807, 2.05) is 0 Å². The average Bonchev–Trinajstić information content (AvgIpc) is 2.82. The third-order valence-electron chi connectivity index (χ3n) is 4.86. The SMILES string of the molecule is CO[C@@H](CC/C=C/C(=O)O)[C@@H](OC(=O)Nc1ccc(C(C)=O)cc1)c1ccccc1OCCO. The number of aliphatic carboxylic acids is 1. The molecule has 0 radical (unpaired) electrons. The fraction of sp³-hybridized carbons (Fsp3) is 0.320. The summed E-state index contributed by atoms with van der Waals surface area (Å²) in [4.78, 5) is 34.9. The molecule has 182 valence electrons. The maximum atomic E-state index is 12.8. The predicted octanol–water partition coefficient (Wildman–Crippen LogP) is 3.99. The molecule has 0 heterocycles. The van der Waals surface area contributed by atoms with Gasteiger partial charge >= 0.3 is 12.1 Å². The number of rotatable bonds is 13. The molecule has 9 nitrogen and oxygen atoms in total. The van der Waals surface area contributed by atoms with Gasteiger partial charge in [0.05, 0.1) is 12.7 Å². The van der Waals surface area contributed by atoms with Crippen molar-refractivity contribution < 1.29 is 38.8 Å². The topological polar surface area (TPSA) is 131 Å².